The molecule has 14 heavy (non-hydrogen) atoms. The molecule has 2 nitrogen and oxygen atoms in total. The van der Waals surface area contributed by atoms with E-state index in [0.717, 1.165) is 0 Å². The Kier molecular flexibility index (Phi) is 2.29. The van der Waals surface area contributed by atoms with Gasteiger partial charge in [0.15, 0.2) is 0 Å². The van der Waals surface area contributed by atoms with Gasteiger partial charge in [-0.05, 0) is 19.1 Å². The van der Waals surface area contributed by atoms with Gasteiger partial charge in [-0.25, -0.2) is 14.4 Å². The summed E-state index contributed by atoms with van der Waals surface area (Å²) < 4.78 is 13.0. The second kappa shape index (κ2) is 3.33. The maximum atomic E-state index is 13.0. The molecule has 0 radical (unpaired) electrons. The molecule has 0 atom stereocenters. The standard InChI is InChI=1S/C9H5Cl2FN2/c1-4-13-8-6(9(11)14-4)2-5(12)3-7(8)10/h2-3H,1H3. The van der Waals surface area contributed by atoms with E-state index in [1.54, 1.807) is 6.92 Å². The Labute approximate surface area is 89.7 Å². The molecular formula is C9H5Cl2FN2. The first kappa shape index (κ1) is 9.62. The molecule has 0 fully saturated rings. The Hall–Kier alpha value is -0.930. The van der Waals surface area contributed by atoms with Crippen LogP contribution < -0.4 is 0 Å². The Bertz CT molecular complexity index is 466. The molecule has 1 aromatic carbocycles. The quantitative estimate of drug-likeness (QED) is 0.649. The Morgan fingerprint density at radius 1 is 1.21 bits per heavy atom. The molecule has 0 aliphatic heterocycles. The molecule has 5 heteroatoms. The topological polar surface area (TPSA) is 25.8 Å². The van der Waals surface area contributed by atoms with Crippen molar-refractivity contribution in [2.45, 2.75) is 6.92 Å². The molecule has 0 saturated carbocycles. The fraction of sp³-hybridized carbons (Fsp3) is 0.111. The van der Waals surface area contributed by atoms with E-state index in [1.807, 2.05) is 0 Å². The number of hydrogen-bond donors (Lipinski definition) is 0. The van der Waals surface area contributed by atoms with Crippen LogP contribution in [0.3, 0.4) is 0 Å². The van der Waals surface area contributed by atoms with E-state index >= 15 is 0 Å². The molecule has 1 aromatic heterocycles. The maximum absolute atomic E-state index is 13.0. The smallest absolute Gasteiger partial charge is 0.140 e. The van der Waals surface area contributed by atoms with Gasteiger partial charge < -0.3 is 0 Å². The molecule has 0 saturated heterocycles. The first-order chi connectivity index (χ1) is 6.58. The van der Waals surface area contributed by atoms with Gasteiger partial charge in [-0.1, -0.05) is 23.2 Å². The van der Waals surface area contributed by atoms with Crippen LogP contribution in [-0.2, 0) is 0 Å². The number of rotatable bonds is 0. The Morgan fingerprint density at radius 2 is 1.93 bits per heavy atom. The van der Waals surface area contributed by atoms with Crippen molar-refractivity contribution in [3.8, 4) is 0 Å². The molecule has 0 unspecified atom stereocenters. The highest BCUT2D eigenvalue weighted by Gasteiger charge is 2.08. The van der Waals surface area contributed by atoms with Crippen molar-refractivity contribution in [2.24, 2.45) is 0 Å². The lowest BCUT2D eigenvalue weighted by atomic mass is 10.2. The van der Waals surface area contributed by atoms with Gasteiger partial charge >= 0.3 is 0 Å². The largest absolute Gasteiger partial charge is 0.232 e. The van der Waals surface area contributed by atoms with Crippen LogP contribution in [0.5, 0.6) is 0 Å². The Balaban J connectivity index is 2.94. The molecule has 0 amide bonds. The summed E-state index contributed by atoms with van der Waals surface area (Å²) in [6, 6.07) is 2.47. The van der Waals surface area contributed by atoms with Gasteiger partial charge in [-0.15, -0.1) is 0 Å². The third kappa shape index (κ3) is 1.53. The second-order valence-corrected chi connectivity index (χ2v) is 3.61. The molecule has 2 aromatic rings. The van der Waals surface area contributed by atoms with E-state index in [1.165, 1.54) is 12.1 Å². The molecule has 0 N–H and O–H groups in total. The highest BCUT2D eigenvalue weighted by Crippen LogP contribution is 2.27. The van der Waals surface area contributed by atoms with Crippen LogP contribution in [-0.4, -0.2) is 9.97 Å². The molecular weight excluding hydrogens is 226 g/mol. The molecule has 0 bridgehead atoms. The van der Waals surface area contributed by atoms with Crippen LogP contribution in [0.4, 0.5) is 4.39 Å². The third-order valence-corrected chi connectivity index (χ3v) is 2.36. The molecule has 72 valence electrons. The summed E-state index contributed by atoms with van der Waals surface area (Å²) in [5, 5.41) is 0.892. The molecule has 2 rings (SSSR count). The number of nitrogens with zero attached hydrogens (tertiary/aromatic N) is 2. The van der Waals surface area contributed by atoms with E-state index in [-0.39, 0.29) is 10.2 Å². The first-order valence-corrected chi connectivity index (χ1v) is 4.62. The van der Waals surface area contributed by atoms with E-state index in [2.05, 4.69) is 9.97 Å². The summed E-state index contributed by atoms with van der Waals surface area (Å²) in [5.74, 6) is 0.0628. The van der Waals surface area contributed by atoms with Crippen LogP contribution in [0.25, 0.3) is 10.9 Å². The van der Waals surface area contributed by atoms with Gasteiger partial charge in [-0.2, -0.15) is 0 Å². The average Bonchev–Trinajstić information content (AvgIpc) is 2.07. The number of hydrogen-bond acceptors (Lipinski definition) is 2. The van der Waals surface area contributed by atoms with Crippen LogP contribution in [0.2, 0.25) is 10.2 Å². The van der Waals surface area contributed by atoms with Crippen LogP contribution >= 0.6 is 23.2 Å². The van der Waals surface area contributed by atoms with E-state index in [4.69, 9.17) is 23.2 Å². The summed E-state index contributed by atoms with van der Waals surface area (Å²) in [6.07, 6.45) is 0. The van der Waals surface area contributed by atoms with Crippen molar-refractivity contribution in [3.05, 3.63) is 34.0 Å². The summed E-state index contributed by atoms with van der Waals surface area (Å²) in [5.41, 5.74) is 0.477. The monoisotopic (exact) mass is 230 g/mol. The van der Waals surface area contributed by atoms with Gasteiger partial charge in [0.05, 0.1) is 10.5 Å². The van der Waals surface area contributed by atoms with Crippen molar-refractivity contribution < 1.29 is 4.39 Å². The van der Waals surface area contributed by atoms with Gasteiger partial charge in [0.25, 0.3) is 0 Å². The second-order valence-electron chi connectivity index (χ2n) is 2.85. The number of benzene rings is 1. The summed E-state index contributed by atoms with van der Waals surface area (Å²) in [6.45, 7) is 1.70. The lowest BCUT2D eigenvalue weighted by Crippen LogP contribution is -1.91. The van der Waals surface area contributed by atoms with Crippen molar-refractivity contribution >= 4 is 34.1 Å². The van der Waals surface area contributed by atoms with Crippen LogP contribution in [0.1, 0.15) is 5.82 Å². The predicted octanol–water partition coefficient (Wildman–Crippen LogP) is 3.38. The van der Waals surface area contributed by atoms with Gasteiger partial charge in [0.1, 0.15) is 16.8 Å². The minimum Gasteiger partial charge on any atom is -0.232 e. The fourth-order valence-corrected chi connectivity index (χ4v) is 1.74. The zero-order valence-electron chi connectivity index (χ0n) is 7.18. The first-order valence-electron chi connectivity index (χ1n) is 3.87. The summed E-state index contributed by atoms with van der Waals surface area (Å²) >= 11 is 11.6. The van der Waals surface area contributed by atoms with Crippen molar-refractivity contribution in [1.29, 1.82) is 0 Å². The van der Waals surface area contributed by atoms with Crippen molar-refractivity contribution in [3.63, 3.8) is 0 Å². The zero-order valence-corrected chi connectivity index (χ0v) is 8.69. The molecule has 0 aliphatic rings. The molecule has 0 spiro atoms. The summed E-state index contributed by atoms with van der Waals surface area (Å²) in [7, 11) is 0. The van der Waals surface area contributed by atoms with Gasteiger partial charge in [-0.3, -0.25) is 0 Å². The lowest BCUT2D eigenvalue weighted by Gasteiger charge is -2.02. The number of halogens is 3. The predicted molar refractivity (Wildman–Crippen MR) is 54.3 cm³/mol. The van der Waals surface area contributed by atoms with Gasteiger partial charge in [0, 0.05) is 5.39 Å². The molecule has 1 heterocycles. The van der Waals surface area contributed by atoms with Crippen LogP contribution in [0.15, 0.2) is 12.1 Å². The minimum atomic E-state index is -0.447. The SMILES string of the molecule is Cc1nc(Cl)c2cc(F)cc(Cl)c2n1. The van der Waals surface area contributed by atoms with Crippen LogP contribution in [0, 0.1) is 12.7 Å². The van der Waals surface area contributed by atoms with Gasteiger partial charge in [0.2, 0.25) is 0 Å². The highest BCUT2D eigenvalue weighted by atomic mass is 35.5. The molecule has 0 aliphatic carbocycles. The van der Waals surface area contributed by atoms with E-state index in [9.17, 15) is 4.39 Å². The van der Waals surface area contributed by atoms with E-state index in [0.29, 0.717) is 16.7 Å². The lowest BCUT2D eigenvalue weighted by molar-refractivity contribution is 0.629. The number of aromatic nitrogens is 2. The van der Waals surface area contributed by atoms with Crippen molar-refractivity contribution in [1.82, 2.24) is 9.97 Å². The maximum Gasteiger partial charge on any atom is 0.140 e. The van der Waals surface area contributed by atoms with Crippen molar-refractivity contribution in [2.75, 3.05) is 0 Å². The minimum absolute atomic E-state index is 0.217. The average molecular weight is 231 g/mol. The zero-order chi connectivity index (χ0) is 10.3. The fourth-order valence-electron chi connectivity index (χ4n) is 1.23. The number of fused-ring (bicyclic) bond motifs is 1. The normalized spacial score (nSPS) is 10.9. The summed E-state index contributed by atoms with van der Waals surface area (Å²) in [4.78, 5) is 8.00. The van der Waals surface area contributed by atoms with E-state index < -0.39 is 5.82 Å². The number of aryl methyl sites for hydroxylation is 1. The highest BCUT2D eigenvalue weighted by molar-refractivity contribution is 6.38. The third-order valence-electron chi connectivity index (χ3n) is 1.78. The Morgan fingerprint density at radius 3 is 2.64 bits per heavy atom.